The number of furan rings is 1. The lowest BCUT2D eigenvalue weighted by Gasteiger charge is -2.02. The molecular formula is C16H10ClN3O2. The quantitative estimate of drug-likeness (QED) is 0.734. The highest BCUT2D eigenvalue weighted by Crippen LogP contribution is 2.19. The summed E-state index contributed by atoms with van der Waals surface area (Å²) in [4.78, 5) is 19.0. The van der Waals surface area contributed by atoms with Crippen molar-refractivity contribution in [3.05, 3.63) is 63.1 Å². The SMILES string of the molecule is Cc1ccc(/C=C(/C#N)c2nc3ccc(Cl)cc3c(=O)[nH]2)o1. The number of allylic oxidation sites excluding steroid dienone is 1. The van der Waals surface area contributed by atoms with Crippen molar-refractivity contribution in [2.45, 2.75) is 6.92 Å². The number of fused-ring (bicyclic) bond motifs is 1. The van der Waals surface area contributed by atoms with Gasteiger partial charge in [-0.1, -0.05) is 11.6 Å². The molecule has 3 aromatic rings. The van der Waals surface area contributed by atoms with Gasteiger partial charge in [0.05, 0.1) is 16.5 Å². The van der Waals surface area contributed by atoms with Crippen LogP contribution in [0, 0.1) is 18.3 Å². The second-order valence-corrected chi connectivity index (χ2v) is 5.13. The van der Waals surface area contributed by atoms with E-state index in [9.17, 15) is 10.1 Å². The maximum atomic E-state index is 12.1. The maximum absolute atomic E-state index is 12.1. The third-order valence-electron chi connectivity index (χ3n) is 3.09. The van der Waals surface area contributed by atoms with Crippen LogP contribution in [-0.4, -0.2) is 9.97 Å². The Morgan fingerprint density at radius 1 is 1.41 bits per heavy atom. The van der Waals surface area contributed by atoms with E-state index in [4.69, 9.17) is 16.0 Å². The van der Waals surface area contributed by atoms with E-state index in [1.165, 1.54) is 12.1 Å². The number of nitrogens with one attached hydrogen (secondary N) is 1. The number of halogens is 1. The summed E-state index contributed by atoms with van der Waals surface area (Å²) in [5, 5.41) is 10.1. The molecule has 1 N–H and O–H groups in total. The van der Waals surface area contributed by atoms with E-state index in [1.807, 2.05) is 13.0 Å². The molecule has 0 aliphatic rings. The van der Waals surface area contributed by atoms with E-state index in [-0.39, 0.29) is 17.0 Å². The summed E-state index contributed by atoms with van der Waals surface area (Å²) < 4.78 is 5.41. The molecule has 0 saturated carbocycles. The Bertz CT molecular complexity index is 993. The Hall–Kier alpha value is -2.84. The first-order valence-electron chi connectivity index (χ1n) is 6.45. The molecule has 2 aromatic heterocycles. The fourth-order valence-corrected chi connectivity index (χ4v) is 2.24. The van der Waals surface area contributed by atoms with Crippen molar-refractivity contribution in [3.63, 3.8) is 0 Å². The number of aromatic nitrogens is 2. The number of aryl methyl sites for hydroxylation is 1. The molecule has 5 nitrogen and oxygen atoms in total. The zero-order chi connectivity index (χ0) is 15.7. The van der Waals surface area contributed by atoms with Gasteiger partial charge >= 0.3 is 0 Å². The van der Waals surface area contributed by atoms with E-state index in [0.717, 1.165) is 5.76 Å². The van der Waals surface area contributed by atoms with Gasteiger partial charge in [0, 0.05) is 11.1 Å². The molecule has 3 rings (SSSR count). The van der Waals surface area contributed by atoms with Gasteiger partial charge < -0.3 is 9.40 Å². The first-order valence-corrected chi connectivity index (χ1v) is 6.83. The minimum atomic E-state index is -0.348. The molecule has 0 aliphatic carbocycles. The Morgan fingerprint density at radius 2 is 2.23 bits per heavy atom. The van der Waals surface area contributed by atoms with Crippen molar-refractivity contribution in [2.24, 2.45) is 0 Å². The third-order valence-corrected chi connectivity index (χ3v) is 3.33. The average Bonchev–Trinajstić information content (AvgIpc) is 2.90. The van der Waals surface area contributed by atoms with Crippen molar-refractivity contribution < 1.29 is 4.42 Å². The predicted octanol–water partition coefficient (Wildman–Crippen LogP) is 3.54. The van der Waals surface area contributed by atoms with Crippen LogP contribution >= 0.6 is 11.6 Å². The van der Waals surface area contributed by atoms with Gasteiger partial charge in [0.2, 0.25) is 0 Å². The number of nitrogens with zero attached hydrogens (tertiary/aromatic N) is 2. The standard InChI is InChI=1S/C16H10ClN3O2/c1-9-2-4-12(22-9)6-10(8-18)15-19-14-5-3-11(17)7-13(14)16(21)20-15/h2-7H,1H3,(H,19,20,21)/b10-6-. The van der Waals surface area contributed by atoms with Gasteiger partial charge in [-0.3, -0.25) is 4.79 Å². The normalized spacial score (nSPS) is 11.6. The first-order chi connectivity index (χ1) is 10.6. The maximum Gasteiger partial charge on any atom is 0.259 e. The lowest BCUT2D eigenvalue weighted by Crippen LogP contribution is -2.11. The molecule has 0 amide bonds. The third kappa shape index (κ3) is 2.65. The van der Waals surface area contributed by atoms with Crippen LogP contribution < -0.4 is 5.56 Å². The number of hydrogen-bond donors (Lipinski definition) is 1. The molecule has 6 heteroatoms. The molecule has 0 saturated heterocycles. The molecular weight excluding hydrogens is 302 g/mol. The van der Waals surface area contributed by atoms with Crippen molar-refractivity contribution in [1.82, 2.24) is 9.97 Å². The van der Waals surface area contributed by atoms with Crippen LogP contribution in [0.5, 0.6) is 0 Å². The Morgan fingerprint density at radius 3 is 2.91 bits per heavy atom. The molecule has 1 aromatic carbocycles. The Labute approximate surface area is 130 Å². The highest BCUT2D eigenvalue weighted by molar-refractivity contribution is 6.31. The molecule has 22 heavy (non-hydrogen) atoms. The summed E-state index contributed by atoms with van der Waals surface area (Å²) in [6.45, 7) is 1.81. The molecule has 0 radical (unpaired) electrons. The fourth-order valence-electron chi connectivity index (χ4n) is 2.07. The molecule has 0 spiro atoms. The molecule has 2 heterocycles. The average molecular weight is 312 g/mol. The highest BCUT2D eigenvalue weighted by Gasteiger charge is 2.09. The van der Waals surface area contributed by atoms with Gasteiger partial charge in [-0.05, 0) is 37.3 Å². The molecule has 0 unspecified atom stereocenters. The van der Waals surface area contributed by atoms with Gasteiger partial charge in [-0.15, -0.1) is 0 Å². The lowest BCUT2D eigenvalue weighted by molar-refractivity contribution is 0.525. The van der Waals surface area contributed by atoms with Crippen molar-refractivity contribution >= 4 is 34.2 Å². The zero-order valence-corrected chi connectivity index (χ0v) is 12.3. The van der Waals surface area contributed by atoms with Gasteiger partial charge in [0.15, 0.2) is 5.82 Å². The van der Waals surface area contributed by atoms with Crippen molar-refractivity contribution in [2.75, 3.05) is 0 Å². The van der Waals surface area contributed by atoms with E-state index < -0.39 is 0 Å². The molecule has 0 aliphatic heterocycles. The van der Waals surface area contributed by atoms with Gasteiger partial charge in [-0.25, -0.2) is 4.98 Å². The topological polar surface area (TPSA) is 82.7 Å². The summed E-state index contributed by atoms with van der Waals surface area (Å²) in [7, 11) is 0. The summed E-state index contributed by atoms with van der Waals surface area (Å²) in [5.41, 5.74) is 0.336. The lowest BCUT2D eigenvalue weighted by atomic mass is 10.2. The monoisotopic (exact) mass is 311 g/mol. The second kappa shape index (κ2) is 5.51. The second-order valence-electron chi connectivity index (χ2n) is 4.69. The first kappa shape index (κ1) is 14.1. The predicted molar refractivity (Wildman–Crippen MR) is 84.3 cm³/mol. The number of H-pyrrole nitrogens is 1. The van der Waals surface area contributed by atoms with E-state index >= 15 is 0 Å². The number of benzene rings is 1. The summed E-state index contributed by atoms with van der Waals surface area (Å²) in [5.74, 6) is 1.45. The summed E-state index contributed by atoms with van der Waals surface area (Å²) >= 11 is 5.87. The summed E-state index contributed by atoms with van der Waals surface area (Å²) in [6, 6.07) is 10.4. The Kier molecular flexibility index (Phi) is 3.53. The van der Waals surface area contributed by atoms with Gasteiger partial charge in [0.25, 0.3) is 5.56 Å². The molecule has 0 atom stereocenters. The van der Waals surface area contributed by atoms with E-state index in [2.05, 4.69) is 9.97 Å². The number of aromatic amines is 1. The van der Waals surface area contributed by atoms with Crippen LogP contribution in [0.15, 0.2) is 39.5 Å². The number of rotatable bonds is 2. The van der Waals surface area contributed by atoms with Crippen LogP contribution in [0.2, 0.25) is 5.02 Å². The Balaban J connectivity index is 2.16. The van der Waals surface area contributed by atoms with E-state index in [0.29, 0.717) is 21.7 Å². The van der Waals surface area contributed by atoms with Crippen LogP contribution in [0.1, 0.15) is 17.3 Å². The number of hydrogen-bond acceptors (Lipinski definition) is 4. The smallest absolute Gasteiger partial charge is 0.259 e. The van der Waals surface area contributed by atoms with Gasteiger partial charge in [0.1, 0.15) is 17.6 Å². The van der Waals surface area contributed by atoms with Crippen LogP contribution in [0.25, 0.3) is 22.6 Å². The molecule has 0 fully saturated rings. The molecule has 0 bridgehead atoms. The fraction of sp³-hybridized carbons (Fsp3) is 0.0625. The van der Waals surface area contributed by atoms with Crippen LogP contribution in [-0.2, 0) is 0 Å². The van der Waals surface area contributed by atoms with Gasteiger partial charge in [-0.2, -0.15) is 5.26 Å². The summed E-state index contributed by atoms with van der Waals surface area (Å²) in [6.07, 6.45) is 1.53. The van der Waals surface area contributed by atoms with Crippen molar-refractivity contribution in [3.8, 4) is 6.07 Å². The zero-order valence-electron chi connectivity index (χ0n) is 11.6. The molecule has 108 valence electrons. The number of nitriles is 1. The minimum absolute atomic E-state index is 0.191. The largest absolute Gasteiger partial charge is 0.462 e. The highest BCUT2D eigenvalue weighted by atomic mass is 35.5. The van der Waals surface area contributed by atoms with E-state index in [1.54, 1.807) is 24.3 Å². The van der Waals surface area contributed by atoms with Crippen molar-refractivity contribution in [1.29, 1.82) is 5.26 Å². The van der Waals surface area contributed by atoms with Crippen LogP contribution in [0.4, 0.5) is 0 Å². The minimum Gasteiger partial charge on any atom is -0.462 e. The van der Waals surface area contributed by atoms with Crippen LogP contribution in [0.3, 0.4) is 0 Å².